The van der Waals surface area contributed by atoms with Gasteiger partial charge in [-0.2, -0.15) is 0 Å². The predicted molar refractivity (Wildman–Crippen MR) is 57.0 cm³/mol. The van der Waals surface area contributed by atoms with Gasteiger partial charge < -0.3 is 11.1 Å². The Morgan fingerprint density at radius 3 is 2.56 bits per heavy atom. The van der Waals surface area contributed by atoms with Gasteiger partial charge in [-0.3, -0.25) is 4.79 Å². The second-order valence-corrected chi connectivity index (χ2v) is 3.36. The minimum absolute atomic E-state index is 0.110. The zero-order valence-electron chi connectivity index (χ0n) is 8.91. The average Bonchev–Trinajstić information content (AvgIpc) is 2.25. The van der Waals surface area contributed by atoms with Gasteiger partial charge in [-0.1, -0.05) is 25.1 Å². The third kappa shape index (κ3) is 3.00. The number of benzene rings is 1. The number of primary amides is 1. The van der Waals surface area contributed by atoms with Crippen LogP contribution in [0.3, 0.4) is 0 Å². The molecule has 0 bridgehead atoms. The Morgan fingerprint density at radius 2 is 2.06 bits per heavy atom. The highest BCUT2D eigenvalue weighted by Gasteiger charge is 2.17. The molecule has 16 heavy (non-hydrogen) atoms. The van der Waals surface area contributed by atoms with Crippen LogP contribution in [0.2, 0.25) is 0 Å². The molecule has 0 saturated heterocycles. The summed E-state index contributed by atoms with van der Waals surface area (Å²) in [5, 5.41) is 2.85. The number of amides is 1. The topological polar surface area (TPSA) is 55.1 Å². The summed E-state index contributed by atoms with van der Waals surface area (Å²) in [6.45, 7) is 2.35. The number of likely N-dealkylation sites (N-methyl/N-ethyl adjacent to an activating group) is 1. The van der Waals surface area contributed by atoms with E-state index in [1.165, 1.54) is 18.2 Å². The van der Waals surface area contributed by atoms with Gasteiger partial charge in [0.25, 0.3) is 6.43 Å². The Kier molecular flexibility index (Phi) is 4.37. The summed E-state index contributed by atoms with van der Waals surface area (Å²) in [5.41, 5.74) is 5.55. The summed E-state index contributed by atoms with van der Waals surface area (Å²) in [5.74, 6) is -0.576. The van der Waals surface area contributed by atoms with Gasteiger partial charge in [-0.15, -0.1) is 0 Å². The van der Waals surface area contributed by atoms with Crippen LogP contribution in [0.25, 0.3) is 0 Å². The highest BCUT2D eigenvalue weighted by Crippen LogP contribution is 2.22. The van der Waals surface area contributed by atoms with Crippen molar-refractivity contribution in [3.8, 4) is 0 Å². The van der Waals surface area contributed by atoms with E-state index in [2.05, 4.69) is 5.32 Å². The normalized spacial score (nSPS) is 12.8. The maximum atomic E-state index is 12.5. The summed E-state index contributed by atoms with van der Waals surface area (Å²) in [4.78, 5) is 11.1. The second-order valence-electron chi connectivity index (χ2n) is 3.36. The van der Waals surface area contributed by atoms with Crippen LogP contribution in [0.5, 0.6) is 0 Å². The average molecular weight is 228 g/mol. The summed E-state index contributed by atoms with van der Waals surface area (Å²) in [6, 6.07) is 4.98. The summed E-state index contributed by atoms with van der Waals surface area (Å²) in [6.07, 6.45) is -2.55. The quantitative estimate of drug-likeness (QED) is 0.806. The molecule has 0 radical (unpaired) electrons. The smallest absolute Gasteiger partial charge is 0.263 e. The maximum Gasteiger partial charge on any atom is 0.263 e. The van der Waals surface area contributed by atoms with Gasteiger partial charge in [0.2, 0.25) is 5.91 Å². The van der Waals surface area contributed by atoms with Crippen LogP contribution in [-0.2, 0) is 4.79 Å². The Bertz CT molecular complexity index is 369. The largest absolute Gasteiger partial charge is 0.368 e. The molecule has 0 aliphatic heterocycles. The molecule has 1 aromatic rings. The van der Waals surface area contributed by atoms with E-state index in [9.17, 15) is 13.6 Å². The molecule has 0 saturated carbocycles. The van der Waals surface area contributed by atoms with Crippen molar-refractivity contribution in [1.82, 2.24) is 5.32 Å². The Morgan fingerprint density at radius 1 is 1.44 bits per heavy atom. The number of alkyl halides is 2. The van der Waals surface area contributed by atoms with Gasteiger partial charge >= 0.3 is 0 Å². The lowest BCUT2D eigenvalue weighted by atomic mass is 10.0. The third-order valence-electron chi connectivity index (χ3n) is 2.19. The van der Waals surface area contributed by atoms with E-state index in [1.807, 2.05) is 6.92 Å². The number of nitrogens with one attached hydrogen (secondary N) is 1. The van der Waals surface area contributed by atoms with Crippen LogP contribution in [0.4, 0.5) is 8.78 Å². The van der Waals surface area contributed by atoms with Crippen LogP contribution in [-0.4, -0.2) is 12.5 Å². The van der Waals surface area contributed by atoms with Gasteiger partial charge in [0, 0.05) is 5.56 Å². The molecule has 0 aliphatic rings. The van der Waals surface area contributed by atoms with Gasteiger partial charge in [0.05, 0.1) is 0 Å². The van der Waals surface area contributed by atoms with Crippen LogP contribution in [0.1, 0.15) is 30.5 Å². The van der Waals surface area contributed by atoms with Crippen molar-refractivity contribution in [3.05, 3.63) is 35.4 Å². The molecule has 5 heteroatoms. The lowest BCUT2D eigenvalue weighted by Gasteiger charge is -2.15. The first-order valence-corrected chi connectivity index (χ1v) is 4.97. The van der Waals surface area contributed by atoms with Gasteiger partial charge in [-0.25, -0.2) is 8.78 Å². The van der Waals surface area contributed by atoms with E-state index in [1.54, 1.807) is 6.07 Å². The first kappa shape index (κ1) is 12.6. The van der Waals surface area contributed by atoms with Crippen LogP contribution < -0.4 is 11.1 Å². The highest BCUT2D eigenvalue weighted by atomic mass is 19.3. The van der Waals surface area contributed by atoms with E-state index in [4.69, 9.17) is 5.73 Å². The van der Waals surface area contributed by atoms with Crippen molar-refractivity contribution in [2.75, 3.05) is 6.54 Å². The number of hydrogen-bond donors (Lipinski definition) is 2. The Labute approximate surface area is 92.6 Å². The van der Waals surface area contributed by atoms with Crippen molar-refractivity contribution < 1.29 is 13.6 Å². The van der Waals surface area contributed by atoms with E-state index >= 15 is 0 Å². The molecule has 0 spiro atoms. The molecule has 1 atom stereocenters. The molecule has 1 rings (SSSR count). The molecule has 3 N–H and O–H groups in total. The Balaban J connectivity index is 3.00. The molecular weight excluding hydrogens is 214 g/mol. The van der Waals surface area contributed by atoms with Gasteiger partial charge in [0.15, 0.2) is 0 Å². The minimum atomic E-state index is -2.55. The molecule has 0 fully saturated rings. The molecule has 1 amide bonds. The zero-order valence-corrected chi connectivity index (χ0v) is 8.91. The molecular formula is C11H14F2N2O. The van der Waals surface area contributed by atoms with Crippen LogP contribution in [0, 0.1) is 0 Å². The van der Waals surface area contributed by atoms with Gasteiger partial charge in [0.1, 0.15) is 6.04 Å². The fourth-order valence-corrected chi connectivity index (χ4v) is 1.46. The molecule has 3 nitrogen and oxygen atoms in total. The first-order chi connectivity index (χ1) is 7.56. The number of carbonyl (C=O) groups excluding carboxylic acids is 1. The van der Waals surface area contributed by atoms with Crippen molar-refractivity contribution >= 4 is 5.91 Å². The first-order valence-electron chi connectivity index (χ1n) is 4.97. The molecule has 1 aromatic carbocycles. The fraction of sp³-hybridized carbons (Fsp3) is 0.364. The molecule has 0 aliphatic carbocycles. The Hall–Kier alpha value is -1.49. The summed E-state index contributed by atoms with van der Waals surface area (Å²) >= 11 is 0. The lowest BCUT2D eigenvalue weighted by molar-refractivity contribution is -0.120. The summed E-state index contributed by atoms with van der Waals surface area (Å²) in [7, 11) is 0. The lowest BCUT2D eigenvalue weighted by Crippen LogP contribution is -2.33. The minimum Gasteiger partial charge on any atom is -0.368 e. The van der Waals surface area contributed by atoms with Crippen molar-refractivity contribution in [1.29, 1.82) is 0 Å². The molecule has 0 aromatic heterocycles. The molecule has 1 unspecified atom stereocenters. The van der Waals surface area contributed by atoms with Crippen molar-refractivity contribution in [2.24, 2.45) is 5.73 Å². The fourth-order valence-electron chi connectivity index (χ4n) is 1.46. The summed E-state index contributed by atoms with van der Waals surface area (Å²) < 4.78 is 24.9. The van der Waals surface area contributed by atoms with E-state index < -0.39 is 18.4 Å². The number of halogens is 2. The SMILES string of the molecule is CCNC(C(N)=O)c1cccc(C(F)F)c1. The number of rotatable bonds is 5. The van der Waals surface area contributed by atoms with Crippen molar-refractivity contribution in [3.63, 3.8) is 0 Å². The predicted octanol–water partition coefficient (Wildman–Crippen LogP) is 1.76. The van der Waals surface area contributed by atoms with Crippen LogP contribution in [0.15, 0.2) is 24.3 Å². The third-order valence-corrected chi connectivity index (χ3v) is 2.19. The highest BCUT2D eigenvalue weighted by molar-refractivity contribution is 5.81. The van der Waals surface area contributed by atoms with E-state index in [0.717, 1.165) is 0 Å². The zero-order chi connectivity index (χ0) is 12.1. The second kappa shape index (κ2) is 5.55. The number of nitrogens with two attached hydrogens (primary N) is 1. The number of carbonyl (C=O) groups is 1. The monoisotopic (exact) mass is 228 g/mol. The van der Waals surface area contributed by atoms with Crippen molar-refractivity contribution in [2.45, 2.75) is 19.4 Å². The maximum absolute atomic E-state index is 12.5. The van der Waals surface area contributed by atoms with E-state index in [0.29, 0.717) is 12.1 Å². The van der Waals surface area contributed by atoms with Crippen LogP contribution >= 0.6 is 0 Å². The molecule has 88 valence electrons. The molecule has 0 heterocycles. The number of hydrogen-bond acceptors (Lipinski definition) is 2. The van der Waals surface area contributed by atoms with E-state index in [-0.39, 0.29) is 5.56 Å². The van der Waals surface area contributed by atoms with Gasteiger partial charge in [-0.05, 0) is 18.2 Å². The standard InChI is InChI=1S/C11H14F2N2O/c1-2-15-9(11(14)16)7-4-3-5-8(6-7)10(12)13/h3-6,9-10,15H,2H2,1H3,(H2,14,16).